The zero-order chi connectivity index (χ0) is 17.4. The molecule has 0 fully saturated rings. The van der Waals surface area contributed by atoms with Gasteiger partial charge in [-0.3, -0.25) is 4.40 Å². The first kappa shape index (κ1) is 15.9. The lowest BCUT2D eigenvalue weighted by Crippen LogP contribution is -1.93. The van der Waals surface area contributed by atoms with Gasteiger partial charge >= 0.3 is 0 Å². The highest BCUT2D eigenvalue weighted by molar-refractivity contribution is 7.14. The summed E-state index contributed by atoms with van der Waals surface area (Å²) in [5.41, 5.74) is 2.98. The van der Waals surface area contributed by atoms with E-state index in [1.165, 1.54) is 24.5 Å². The van der Waals surface area contributed by atoms with E-state index in [0.29, 0.717) is 15.8 Å². The molecule has 4 aromatic rings. The lowest BCUT2D eigenvalue weighted by atomic mass is 10.3. The molecule has 3 aromatic heterocycles. The Balaban J connectivity index is 1.63. The molecule has 8 heteroatoms. The smallest absolute Gasteiger partial charge is 0.187 e. The summed E-state index contributed by atoms with van der Waals surface area (Å²) in [5, 5.41) is 6.27. The van der Waals surface area contributed by atoms with Crippen molar-refractivity contribution >= 4 is 39.4 Å². The first-order valence-corrected chi connectivity index (χ1v) is 8.59. The predicted molar refractivity (Wildman–Crippen MR) is 97.5 cm³/mol. The van der Waals surface area contributed by atoms with Crippen LogP contribution in [0.3, 0.4) is 0 Å². The van der Waals surface area contributed by atoms with E-state index >= 15 is 0 Å². The van der Waals surface area contributed by atoms with Crippen LogP contribution in [0.4, 0.5) is 15.2 Å². The number of anilines is 2. The number of methoxy groups -OCH3 is 1. The van der Waals surface area contributed by atoms with Crippen molar-refractivity contribution in [3.8, 4) is 17.1 Å². The molecule has 0 saturated heterocycles. The van der Waals surface area contributed by atoms with Crippen molar-refractivity contribution in [3.05, 3.63) is 58.9 Å². The molecular weight excluding hydrogens is 363 g/mol. The average molecular weight is 375 g/mol. The zero-order valence-corrected chi connectivity index (χ0v) is 14.6. The lowest BCUT2D eigenvalue weighted by molar-refractivity contribution is 0.386. The number of imidazole rings is 1. The van der Waals surface area contributed by atoms with Gasteiger partial charge in [-0.25, -0.2) is 14.4 Å². The fraction of sp³-hybridized carbons (Fsp3) is 0.0588. The molecule has 0 bridgehead atoms. The number of hydrogen-bond acceptors (Lipinski definition) is 5. The molecule has 1 aromatic carbocycles. The minimum absolute atomic E-state index is 0.202. The number of rotatable bonds is 4. The van der Waals surface area contributed by atoms with Gasteiger partial charge in [0.1, 0.15) is 11.3 Å². The number of halogens is 2. The number of hydrogen-bond donors (Lipinski definition) is 1. The first-order chi connectivity index (χ1) is 12.1. The number of thiazole rings is 1. The quantitative estimate of drug-likeness (QED) is 0.546. The third kappa shape index (κ3) is 3.04. The van der Waals surface area contributed by atoms with E-state index in [9.17, 15) is 4.39 Å². The highest BCUT2D eigenvalue weighted by Crippen LogP contribution is 2.29. The molecule has 4 rings (SSSR count). The van der Waals surface area contributed by atoms with Gasteiger partial charge in [-0.2, -0.15) is 0 Å². The predicted octanol–water partition coefficient (Wildman–Crippen LogP) is 5.00. The normalized spacial score (nSPS) is 11.0. The van der Waals surface area contributed by atoms with Crippen LogP contribution in [0.15, 0.2) is 48.1 Å². The topological polar surface area (TPSA) is 51.5 Å². The molecule has 0 saturated carbocycles. The number of aromatic nitrogens is 3. The molecule has 0 radical (unpaired) electrons. The van der Waals surface area contributed by atoms with Gasteiger partial charge in [-0.05, 0) is 24.3 Å². The van der Waals surface area contributed by atoms with Crippen LogP contribution >= 0.6 is 22.9 Å². The number of benzene rings is 1. The third-order valence-corrected chi connectivity index (χ3v) is 4.62. The Morgan fingerprint density at radius 1 is 1.28 bits per heavy atom. The molecule has 0 atom stereocenters. The Morgan fingerprint density at radius 3 is 2.96 bits per heavy atom. The molecular formula is C17H12ClFN4OS. The Morgan fingerprint density at radius 2 is 2.16 bits per heavy atom. The van der Waals surface area contributed by atoms with E-state index in [2.05, 4.69) is 15.3 Å². The van der Waals surface area contributed by atoms with Crippen molar-refractivity contribution in [2.45, 2.75) is 0 Å². The maximum atomic E-state index is 13.8. The van der Waals surface area contributed by atoms with Crippen LogP contribution in [0, 0.1) is 5.82 Å². The van der Waals surface area contributed by atoms with Crippen LogP contribution in [0.5, 0.6) is 5.75 Å². The van der Waals surface area contributed by atoms with E-state index in [-0.39, 0.29) is 5.75 Å². The summed E-state index contributed by atoms with van der Waals surface area (Å²) < 4.78 is 20.6. The van der Waals surface area contributed by atoms with Crippen LogP contribution in [-0.4, -0.2) is 21.5 Å². The van der Waals surface area contributed by atoms with Crippen molar-refractivity contribution in [1.29, 1.82) is 0 Å². The van der Waals surface area contributed by atoms with Crippen molar-refractivity contribution in [3.63, 3.8) is 0 Å². The Labute approximate surface area is 151 Å². The van der Waals surface area contributed by atoms with Gasteiger partial charge in [0.05, 0.1) is 24.0 Å². The third-order valence-electron chi connectivity index (χ3n) is 3.64. The second-order valence-electron chi connectivity index (χ2n) is 5.23. The van der Waals surface area contributed by atoms with E-state index < -0.39 is 5.82 Å². The van der Waals surface area contributed by atoms with E-state index in [1.54, 1.807) is 30.6 Å². The molecule has 3 heterocycles. The van der Waals surface area contributed by atoms with Gasteiger partial charge < -0.3 is 10.1 Å². The highest BCUT2D eigenvalue weighted by atomic mass is 35.5. The maximum Gasteiger partial charge on any atom is 0.187 e. The summed E-state index contributed by atoms with van der Waals surface area (Å²) in [7, 11) is 1.43. The van der Waals surface area contributed by atoms with Gasteiger partial charge in [0.25, 0.3) is 0 Å². The number of pyridine rings is 1. The van der Waals surface area contributed by atoms with Crippen LogP contribution < -0.4 is 10.1 Å². The number of nitrogens with zero attached hydrogens (tertiary/aromatic N) is 3. The fourth-order valence-corrected chi connectivity index (χ4v) is 3.35. The lowest BCUT2D eigenvalue weighted by Gasteiger charge is -2.05. The molecule has 126 valence electrons. The van der Waals surface area contributed by atoms with Crippen LogP contribution in [0.25, 0.3) is 17.0 Å². The second-order valence-corrected chi connectivity index (χ2v) is 6.53. The van der Waals surface area contributed by atoms with E-state index in [1.807, 2.05) is 15.8 Å². The molecule has 0 spiro atoms. The van der Waals surface area contributed by atoms with Gasteiger partial charge in [-0.1, -0.05) is 11.6 Å². The number of ether oxygens (including phenoxy) is 1. The summed E-state index contributed by atoms with van der Waals surface area (Å²) in [4.78, 5) is 8.89. The molecule has 0 amide bonds. The molecule has 0 aliphatic heterocycles. The van der Waals surface area contributed by atoms with E-state index in [0.717, 1.165) is 17.0 Å². The molecule has 5 nitrogen and oxygen atoms in total. The Bertz CT molecular complexity index is 1060. The summed E-state index contributed by atoms with van der Waals surface area (Å²) in [5.74, 6) is -0.228. The van der Waals surface area contributed by atoms with Crippen molar-refractivity contribution in [2.75, 3.05) is 12.4 Å². The monoisotopic (exact) mass is 374 g/mol. The van der Waals surface area contributed by atoms with Crippen molar-refractivity contribution < 1.29 is 9.13 Å². The van der Waals surface area contributed by atoms with Crippen molar-refractivity contribution in [2.24, 2.45) is 0 Å². The van der Waals surface area contributed by atoms with Crippen LogP contribution in [-0.2, 0) is 0 Å². The molecule has 0 unspecified atom stereocenters. The second kappa shape index (κ2) is 6.34. The highest BCUT2D eigenvalue weighted by Gasteiger charge is 2.11. The molecule has 1 N–H and O–H groups in total. The Kier molecular flexibility index (Phi) is 4.03. The average Bonchev–Trinajstić information content (AvgIpc) is 3.21. The van der Waals surface area contributed by atoms with Crippen LogP contribution in [0.1, 0.15) is 0 Å². The van der Waals surface area contributed by atoms with Gasteiger partial charge in [0, 0.05) is 23.3 Å². The van der Waals surface area contributed by atoms with Gasteiger partial charge in [-0.15, -0.1) is 11.3 Å². The number of nitrogens with one attached hydrogen (secondary N) is 1. The summed E-state index contributed by atoms with van der Waals surface area (Å²) in [6, 6.07) is 8.31. The zero-order valence-electron chi connectivity index (χ0n) is 13.0. The summed E-state index contributed by atoms with van der Waals surface area (Å²) in [6.07, 6.45) is 3.54. The fourth-order valence-electron chi connectivity index (χ4n) is 2.46. The molecule has 0 aliphatic carbocycles. The largest absolute Gasteiger partial charge is 0.494 e. The SMILES string of the molecule is COc1ccc(Nc2nc(-c3cnc4ccc(Cl)cn34)cs2)cc1F. The van der Waals surface area contributed by atoms with Crippen LogP contribution in [0.2, 0.25) is 5.02 Å². The minimum Gasteiger partial charge on any atom is -0.494 e. The van der Waals surface area contributed by atoms with Crippen molar-refractivity contribution in [1.82, 2.24) is 14.4 Å². The van der Waals surface area contributed by atoms with E-state index in [4.69, 9.17) is 16.3 Å². The summed E-state index contributed by atoms with van der Waals surface area (Å²) >= 11 is 7.48. The van der Waals surface area contributed by atoms with Gasteiger partial charge in [0.2, 0.25) is 0 Å². The Hall–Kier alpha value is -2.64. The van der Waals surface area contributed by atoms with Gasteiger partial charge in [0.15, 0.2) is 16.7 Å². The minimum atomic E-state index is -0.430. The standard InChI is InChI=1S/C17H12ClFN4OS/c1-24-15-4-3-11(6-12(15)19)21-17-22-13(9-25-17)14-7-20-16-5-2-10(18)8-23(14)16/h2-9H,1H3,(H,21,22). The first-order valence-electron chi connectivity index (χ1n) is 7.33. The molecule has 25 heavy (non-hydrogen) atoms. The summed E-state index contributed by atoms with van der Waals surface area (Å²) in [6.45, 7) is 0. The molecule has 0 aliphatic rings. The maximum absolute atomic E-state index is 13.8. The number of fused-ring (bicyclic) bond motifs is 1.